The molecule has 18 heteroatoms. The van der Waals surface area contributed by atoms with Gasteiger partial charge in [0.05, 0.1) is 49.0 Å². The zero-order chi connectivity index (χ0) is 31.6. The third-order valence-electron chi connectivity index (χ3n) is 6.58. The molecular formula is C25H44N12O4S2. The van der Waals surface area contributed by atoms with Gasteiger partial charge in [0.2, 0.25) is 0 Å². The first kappa shape index (κ1) is 34.6. The van der Waals surface area contributed by atoms with E-state index in [1.807, 2.05) is 58.8 Å². The van der Waals surface area contributed by atoms with Crippen molar-refractivity contribution in [2.75, 3.05) is 54.5 Å². The number of aromatic nitrogens is 8. The molecule has 0 saturated carbocycles. The Labute approximate surface area is 262 Å². The maximum atomic E-state index is 12.5. The molecule has 4 rings (SSSR count). The molecular weight excluding hydrogens is 596 g/mol. The quantitative estimate of drug-likeness (QED) is 0.304. The minimum absolute atomic E-state index is 0.109. The van der Waals surface area contributed by atoms with Crippen molar-refractivity contribution in [2.24, 2.45) is 0 Å². The molecule has 2 aliphatic heterocycles. The van der Waals surface area contributed by atoms with Crippen LogP contribution in [0, 0.1) is 0 Å². The number of tetrazole rings is 2. The first-order valence-electron chi connectivity index (χ1n) is 14.2. The summed E-state index contributed by atoms with van der Waals surface area (Å²) in [6.07, 6.45) is 2.53. The minimum Gasteiger partial charge on any atom is -0.444 e. The van der Waals surface area contributed by atoms with Crippen molar-refractivity contribution in [3.05, 3.63) is 11.6 Å². The van der Waals surface area contributed by atoms with Gasteiger partial charge in [-0.05, 0) is 27.2 Å². The van der Waals surface area contributed by atoms with Gasteiger partial charge in [0, 0.05) is 54.0 Å². The van der Waals surface area contributed by atoms with E-state index < -0.39 is 5.60 Å². The largest absolute Gasteiger partial charge is 0.444 e. The number of nitrogens with zero attached hydrogens (tertiary/aromatic N) is 9. The lowest BCUT2D eigenvalue weighted by molar-refractivity contribution is 0.0193. The number of thiocarbonyl (C=S) groups is 2. The van der Waals surface area contributed by atoms with E-state index in [0.29, 0.717) is 55.7 Å². The van der Waals surface area contributed by atoms with E-state index in [9.17, 15) is 4.79 Å². The molecule has 16 nitrogen and oxygen atoms in total. The standard InChI is InChI=1S/C15H26N6O3S.C10H18N6OS/c1-15(2,3)24-14(22)21-9-10(8-11(21)13(25)20(4)5)23-7-6-12-16-18-19-17-12;1-16(2)10(18)8-5-7(6-11-8)17-4-3-9-12-14-15-13-9/h10-11H,6-9H2,1-5H3,(H,16,17,18,19);7-8,11H,3-6H2,1-2H3,(H,12,13,14,15)/t10-,11+;7-,8+/m11/s1. The average molecular weight is 641 g/mol. The van der Waals surface area contributed by atoms with Gasteiger partial charge in [-0.15, -0.1) is 20.4 Å². The zero-order valence-corrected chi connectivity index (χ0v) is 27.6. The molecule has 0 spiro atoms. The van der Waals surface area contributed by atoms with E-state index >= 15 is 0 Å². The van der Waals surface area contributed by atoms with Gasteiger partial charge in [0.1, 0.15) is 10.6 Å². The van der Waals surface area contributed by atoms with Crippen LogP contribution >= 0.6 is 24.4 Å². The molecule has 4 heterocycles. The number of rotatable bonds is 10. The fraction of sp³-hybridized carbons (Fsp3) is 0.800. The summed E-state index contributed by atoms with van der Waals surface area (Å²) in [7, 11) is 7.68. The lowest BCUT2D eigenvalue weighted by atomic mass is 10.2. The second kappa shape index (κ2) is 16.2. The van der Waals surface area contributed by atoms with E-state index in [1.54, 1.807) is 4.90 Å². The van der Waals surface area contributed by atoms with Crippen molar-refractivity contribution in [1.82, 2.24) is 61.3 Å². The molecule has 240 valence electrons. The molecule has 0 aliphatic carbocycles. The molecule has 3 N–H and O–H groups in total. The number of hydrogen-bond acceptors (Lipinski definition) is 13. The molecule has 43 heavy (non-hydrogen) atoms. The van der Waals surface area contributed by atoms with Gasteiger partial charge < -0.3 is 29.3 Å². The second-order valence-electron chi connectivity index (χ2n) is 11.7. The Morgan fingerprint density at radius 1 is 0.907 bits per heavy atom. The van der Waals surface area contributed by atoms with Crippen LogP contribution < -0.4 is 5.32 Å². The Morgan fingerprint density at radius 2 is 1.47 bits per heavy atom. The van der Waals surface area contributed by atoms with Gasteiger partial charge in [-0.1, -0.05) is 34.9 Å². The number of likely N-dealkylation sites (N-methyl/N-ethyl adjacent to an activating group) is 2. The number of hydrogen-bond donors (Lipinski definition) is 3. The summed E-state index contributed by atoms with van der Waals surface area (Å²) in [5.74, 6) is 1.28. The average Bonchev–Trinajstić information content (AvgIpc) is 3.75. The first-order chi connectivity index (χ1) is 20.3. The van der Waals surface area contributed by atoms with E-state index in [2.05, 4.69) is 46.6 Å². The van der Waals surface area contributed by atoms with Gasteiger partial charge in [0.25, 0.3) is 0 Å². The molecule has 2 aliphatic rings. The fourth-order valence-corrected chi connectivity index (χ4v) is 4.92. The molecule has 0 unspecified atom stereocenters. The molecule has 0 radical (unpaired) electrons. The summed E-state index contributed by atoms with van der Waals surface area (Å²) in [6, 6.07) is 0.0280. The number of nitrogens with one attached hydrogen (secondary N) is 3. The second-order valence-corrected chi connectivity index (χ2v) is 12.5. The van der Waals surface area contributed by atoms with Crippen molar-refractivity contribution in [2.45, 2.75) is 76.3 Å². The van der Waals surface area contributed by atoms with Crippen LogP contribution in [0.3, 0.4) is 0 Å². The Kier molecular flexibility index (Phi) is 13.0. The summed E-state index contributed by atoms with van der Waals surface area (Å²) in [4.78, 5) is 19.6. The zero-order valence-electron chi connectivity index (χ0n) is 25.9. The van der Waals surface area contributed by atoms with Crippen molar-refractivity contribution < 1.29 is 19.0 Å². The van der Waals surface area contributed by atoms with Crippen LogP contribution in [-0.2, 0) is 27.1 Å². The predicted octanol–water partition coefficient (Wildman–Crippen LogP) is 0.404. The summed E-state index contributed by atoms with van der Waals surface area (Å²) in [5.41, 5.74) is -0.557. The fourth-order valence-electron chi connectivity index (χ4n) is 4.51. The number of H-pyrrole nitrogens is 2. The molecule has 4 atom stereocenters. The summed E-state index contributed by atoms with van der Waals surface area (Å²) in [6.45, 7) is 7.88. The number of carbonyl (C=O) groups excluding carboxylic acids is 1. The monoisotopic (exact) mass is 640 g/mol. The highest BCUT2D eigenvalue weighted by Crippen LogP contribution is 2.25. The smallest absolute Gasteiger partial charge is 0.410 e. The van der Waals surface area contributed by atoms with Crippen LogP contribution in [0.2, 0.25) is 0 Å². The SMILES string of the molecule is CN(C)C(=S)[C@@H]1C[C@@H](OCCc2nn[nH]n2)CN1.CN(C)C(=S)[C@@H]1C[C@@H](OCCc2nn[nH]n2)CN1C(=O)OC(C)(C)C. The van der Waals surface area contributed by atoms with Crippen molar-refractivity contribution in [1.29, 1.82) is 0 Å². The molecule has 1 amide bonds. The molecule has 2 fully saturated rings. The third kappa shape index (κ3) is 11.3. The highest BCUT2D eigenvalue weighted by Gasteiger charge is 2.40. The summed E-state index contributed by atoms with van der Waals surface area (Å²) < 4.78 is 17.2. The number of ether oxygens (including phenoxy) is 3. The molecule has 2 saturated heterocycles. The number of amides is 1. The summed E-state index contributed by atoms with van der Waals surface area (Å²) >= 11 is 10.8. The van der Waals surface area contributed by atoms with Gasteiger partial charge in [-0.2, -0.15) is 10.4 Å². The van der Waals surface area contributed by atoms with E-state index in [4.69, 9.17) is 38.6 Å². The topological polar surface area (TPSA) is 175 Å². The maximum Gasteiger partial charge on any atom is 0.410 e. The van der Waals surface area contributed by atoms with Gasteiger partial charge in [-0.25, -0.2) is 4.79 Å². The van der Waals surface area contributed by atoms with Crippen LogP contribution in [0.4, 0.5) is 4.79 Å². The highest BCUT2D eigenvalue weighted by molar-refractivity contribution is 7.80. The Balaban J connectivity index is 0.000000248. The van der Waals surface area contributed by atoms with Crippen molar-refractivity contribution in [3.8, 4) is 0 Å². The number of carbonyl (C=O) groups is 1. The third-order valence-corrected chi connectivity index (χ3v) is 7.87. The first-order valence-corrected chi connectivity index (χ1v) is 15.0. The minimum atomic E-state index is -0.557. The molecule has 2 aromatic rings. The van der Waals surface area contributed by atoms with Crippen LogP contribution in [0.1, 0.15) is 45.3 Å². The van der Waals surface area contributed by atoms with Crippen molar-refractivity contribution in [3.63, 3.8) is 0 Å². The Bertz CT molecular complexity index is 1140. The predicted molar refractivity (Wildman–Crippen MR) is 166 cm³/mol. The van der Waals surface area contributed by atoms with Gasteiger partial charge >= 0.3 is 6.09 Å². The van der Waals surface area contributed by atoms with Crippen LogP contribution in [0.15, 0.2) is 0 Å². The molecule has 0 bridgehead atoms. The van der Waals surface area contributed by atoms with Crippen LogP contribution in [0.5, 0.6) is 0 Å². The Hall–Kier alpha value is -2.93. The van der Waals surface area contributed by atoms with Gasteiger partial charge in [-0.3, -0.25) is 4.90 Å². The van der Waals surface area contributed by atoms with E-state index in [1.165, 1.54) is 0 Å². The number of likely N-dealkylation sites (tertiary alicyclic amines) is 1. The van der Waals surface area contributed by atoms with E-state index in [-0.39, 0.29) is 30.4 Å². The lowest BCUT2D eigenvalue weighted by Gasteiger charge is -2.30. The van der Waals surface area contributed by atoms with Gasteiger partial charge in [0.15, 0.2) is 11.6 Å². The summed E-state index contributed by atoms with van der Waals surface area (Å²) in [5, 5.41) is 30.8. The maximum absolute atomic E-state index is 12.5. The van der Waals surface area contributed by atoms with E-state index in [0.717, 1.165) is 18.0 Å². The highest BCUT2D eigenvalue weighted by atomic mass is 32.1. The van der Waals surface area contributed by atoms with Crippen LogP contribution in [0.25, 0.3) is 0 Å². The van der Waals surface area contributed by atoms with Crippen LogP contribution in [-0.4, -0.2) is 156 Å². The molecule has 2 aromatic heterocycles. The Morgan fingerprint density at radius 3 is 1.95 bits per heavy atom. The number of aromatic amines is 2. The lowest BCUT2D eigenvalue weighted by Crippen LogP contribution is -2.46. The van der Waals surface area contributed by atoms with Crippen molar-refractivity contribution >= 4 is 40.5 Å². The molecule has 0 aromatic carbocycles. The normalized spacial score (nSPS) is 21.7.